The maximum atomic E-state index is 13.1. The fourth-order valence-electron chi connectivity index (χ4n) is 5.06. The predicted octanol–water partition coefficient (Wildman–Crippen LogP) is 3.83. The number of piperidine rings is 1. The van der Waals surface area contributed by atoms with Crippen LogP contribution in [0.4, 0.5) is 9.59 Å². The second-order valence-electron chi connectivity index (χ2n) is 9.89. The molecular formula is C26H41ClN4O5. The van der Waals surface area contributed by atoms with Gasteiger partial charge in [-0.25, -0.2) is 9.59 Å². The van der Waals surface area contributed by atoms with Crippen molar-refractivity contribution in [3.63, 3.8) is 0 Å². The molecule has 0 aromatic heterocycles. The lowest BCUT2D eigenvalue weighted by atomic mass is 9.88. The average Bonchev–Trinajstić information content (AvgIpc) is 2.89. The van der Waals surface area contributed by atoms with Crippen LogP contribution in [-0.2, 0) is 9.47 Å². The topological polar surface area (TPSA) is 103 Å². The summed E-state index contributed by atoms with van der Waals surface area (Å²) in [6, 6.07) is 7.71. The van der Waals surface area contributed by atoms with Gasteiger partial charge in [-0.15, -0.1) is 0 Å². The summed E-state index contributed by atoms with van der Waals surface area (Å²) in [5.74, 6) is 0.612. The van der Waals surface area contributed by atoms with Crippen LogP contribution in [0.25, 0.3) is 0 Å². The first-order chi connectivity index (χ1) is 17.4. The molecule has 1 aromatic rings. The van der Waals surface area contributed by atoms with Gasteiger partial charge in [0.05, 0.1) is 12.7 Å². The highest BCUT2D eigenvalue weighted by atomic mass is 35.5. The molecule has 9 nitrogen and oxygen atoms in total. The zero-order valence-electron chi connectivity index (χ0n) is 21.5. The van der Waals surface area contributed by atoms with Gasteiger partial charge in [0, 0.05) is 63.4 Å². The van der Waals surface area contributed by atoms with Crippen molar-refractivity contribution in [1.29, 1.82) is 0 Å². The van der Waals surface area contributed by atoms with Gasteiger partial charge in [-0.3, -0.25) is 0 Å². The summed E-state index contributed by atoms with van der Waals surface area (Å²) in [5, 5.41) is 16.2. The van der Waals surface area contributed by atoms with E-state index in [1.807, 2.05) is 36.2 Å². The third kappa shape index (κ3) is 8.80. The molecule has 0 radical (unpaired) electrons. The van der Waals surface area contributed by atoms with Gasteiger partial charge in [0.1, 0.15) is 0 Å². The number of hydrogen-bond donors (Lipinski definition) is 3. The van der Waals surface area contributed by atoms with Crippen LogP contribution < -0.4 is 10.6 Å². The molecule has 3 rings (SSSR count). The van der Waals surface area contributed by atoms with E-state index in [9.17, 15) is 9.59 Å². The van der Waals surface area contributed by atoms with Crippen LogP contribution >= 0.6 is 11.6 Å². The summed E-state index contributed by atoms with van der Waals surface area (Å²) >= 11 is 6.26. The molecule has 3 N–H and O–H groups in total. The molecule has 0 bridgehead atoms. The summed E-state index contributed by atoms with van der Waals surface area (Å²) in [5.41, 5.74) is 0.942. The smallest absolute Gasteiger partial charge is 0.407 e. The lowest BCUT2D eigenvalue weighted by molar-refractivity contribution is -0.0154. The van der Waals surface area contributed by atoms with Crippen molar-refractivity contribution in [2.24, 2.45) is 11.8 Å². The number of likely N-dealkylation sites (N-methyl/N-ethyl adjacent to an activating group) is 2. The number of hydrogen-bond acceptors (Lipinski definition) is 5. The number of ether oxygens (including phenoxy) is 2. The van der Waals surface area contributed by atoms with E-state index in [1.165, 1.54) is 18.4 Å². The fourth-order valence-corrected chi connectivity index (χ4v) is 5.26. The average molecular weight is 525 g/mol. The highest BCUT2D eigenvalue weighted by Gasteiger charge is 2.32. The molecule has 2 aliphatic heterocycles. The zero-order chi connectivity index (χ0) is 25.9. The number of amides is 3. The van der Waals surface area contributed by atoms with E-state index in [1.54, 1.807) is 0 Å². The Kier molecular flexibility index (Phi) is 11.6. The van der Waals surface area contributed by atoms with Gasteiger partial charge in [-0.2, -0.15) is 0 Å². The Bertz CT molecular complexity index is 838. The second kappa shape index (κ2) is 14.6. The minimum absolute atomic E-state index is 0.0599. The van der Waals surface area contributed by atoms with Gasteiger partial charge in [0.25, 0.3) is 0 Å². The number of nitrogens with one attached hydrogen (secondary N) is 2. The summed E-state index contributed by atoms with van der Waals surface area (Å²) in [6.45, 7) is 4.02. The number of carboxylic acid groups (broad SMARTS) is 1. The van der Waals surface area contributed by atoms with E-state index in [4.69, 9.17) is 26.2 Å². The van der Waals surface area contributed by atoms with Crippen LogP contribution in [0, 0.1) is 11.8 Å². The summed E-state index contributed by atoms with van der Waals surface area (Å²) in [4.78, 5) is 27.3. The molecule has 1 unspecified atom stereocenters. The normalized spacial score (nSPS) is 22.0. The van der Waals surface area contributed by atoms with Crippen LogP contribution in [0.15, 0.2) is 24.3 Å². The number of likely N-dealkylation sites (tertiary alicyclic amines) is 1. The van der Waals surface area contributed by atoms with Gasteiger partial charge >= 0.3 is 12.1 Å². The van der Waals surface area contributed by atoms with Crippen LogP contribution in [0.5, 0.6) is 0 Å². The van der Waals surface area contributed by atoms with Gasteiger partial charge in [0.2, 0.25) is 0 Å². The van der Waals surface area contributed by atoms with Gasteiger partial charge < -0.3 is 35.0 Å². The molecule has 202 valence electrons. The first-order valence-electron chi connectivity index (χ1n) is 13.0. The van der Waals surface area contributed by atoms with Crippen molar-refractivity contribution >= 4 is 23.7 Å². The van der Waals surface area contributed by atoms with Gasteiger partial charge in [-0.1, -0.05) is 23.7 Å². The van der Waals surface area contributed by atoms with Gasteiger partial charge in [0.15, 0.2) is 0 Å². The summed E-state index contributed by atoms with van der Waals surface area (Å²) in [7, 11) is 3.46. The highest BCUT2D eigenvalue weighted by Crippen LogP contribution is 2.34. The largest absolute Gasteiger partial charge is 0.465 e. The van der Waals surface area contributed by atoms with E-state index in [0.717, 1.165) is 44.5 Å². The number of urea groups is 1. The third-order valence-corrected chi connectivity index (χ3v) is 7.42. The standard InChI is InChI=1S/C26H41ClN4O5/c1-28-23(14-19-6-5-12-35-18-19)16-29-25(32)31-10-4-8-21(17-31)24(20-7-3-9-22(27)15-20)36-13-11-30(2)26(33)34/h3,7,9,15,19,21,23-24,28H,4-6,8,10-14,16-18H2,1-2H3,(H,29,32)(H,33,34)/t19-,21-,23-,24?/m1/s1. The molecule has 3 amide bonds. The number of halogens is 1. The Labute approximate surface area is 219 Å². The van der Waals surface area contributed by atoms with Gasteiger partial charge in [-0.05, 0) is 62.8 Å². The Morgan fingerprint density at radius 1 is 1.33 bits per heavy atom. The maximum absolute atomic E-state index is 13.1. The molecule has 2 aliphatic rings. The third-order valence-electron chi connectivity index (χ3n) is 7.18. The maximum Gasteiger partial charge on any atom is 0.407 e. The summed E-state index contributed by atoms with van der Waals surface area (Å²) < 4.78 is 11.8. The van der Waals surface area contributed by atoms with Crippen molar-refractivity contribution in [1.82, 2.24) is 20.4 Å². The van der Waals surface area contributed by atoms with Crippen molar-refractivity contribution in [2.75, 3.05) is 60.1 Å². The molecule has 1 aromatic carbocycles. The van der Waals surface area contributed by atoms with E-state index in [-0.39, 0.29) is 37.2 Å². The Balaban J connectivity index is 1.58. The first-order valence-corrected chi connectivity index (χ1v) is 13.3. The lowest BCUT2D eigenvalue weighted by Gasteiger charge is -2.37. The molecule has 2 fully saturated rings. The van der Waals surface area contributed by atoms with Crippen LogP contribution in [0.2, 0.25) is 5.02 Å². The Hall–Kier alpha value is -2.07. The first kappa shape index (κ1) is 28.5. The van der Waals surface area contributed by atoms with E-state index < -0.39 is 6.09 Å². The number of carbonyl (C=O) groups excluding carboxylic acids is 1. The number of carbonyl (C=O) groups is 2. The molecule has 4 atom stereocenters. The highest BCUT2D eigenvalue weighted by molar-refractivity contribution is 6.30. The molecule has 2 saturated heterocycles. The molecule has 2 heterocycles. The van der Waals surface area contributed by atoms with Crippen molar-refractivity contribution in [3.8, 4) is 0 Å². The minimum atomic E-state index is -0.991. The Morgan fingerprint density at radius 3 is 2.86 bits per heavy atom. The van der Waals surface area contributed by atoms with Crippen molar-refractivity contribution < 1.29 is 24.2 Å². The van der Waals surface area contributed by atoms with Crippen LogP contribution in [0.3, 0.4) is 0 Å². The van der Waals surface area contributed by atoms with Crippen LogP contribution in [-0.4, -0.2) is 93.2 Å². The minimum Gasteiger partial charge on any atom is -0.465 e. The Morgan fingerprint density at radius 2 is 2.17 bits per heavy atom. The molecule has 36 heavy (non-hydrogen) atoms. The monoisotopic (exact) mass is 524 g/mol. The molecule has 10 heteroatoms. The second-order valence-corrected chi connectivity index (χ2v) is 10.3. The number of nitrogens with zero attached hydrogens (tertiary/aromatic N) is 2. The fraction of sp³-hybridized carbons (Fsp3) is 0.692. The number of rotatable bonds is 11. The van der Waals surface area contributed by atoms with Crippen LogP contribution in [0.1, 0.15) is 43.8 Å². The molecule has 0 aliphatic carbocycles. The van der Waals surface area contributed by atoms with E-state index in [2.05, 4.69) is 10.6 Å². The summed E-state index contributed by atoms with van der Waals surface area (Å²) in [6.07, 6.45) is 3.78. The molecular weight excluding hydrogens is 484 g/mol. The molecule has 0 spiro atoms. The van der Waals surface area contributed by atoms with E-state index in [0.29, 0.717) is 30.6 Å². The lowest BCUT2D eigenvalue weighted by Crippen LogP contribution is -2.50. The van der Waals surface area contributed by atoms with E-state index >= 15 is 0 Å². The zero-order valence-corrected chi connectivity index (χ0v) is 22.2. The quantitative estimate of drug-likeness (QED) is 0.406. The van der Waals surface area contributed by atoms with Crippen molar-refractivity contribution in [2.45, 2.75) is 44.2 Å². The number of benzene rings is 1. The molecule has 0 saturated carbocycles. The predicted molar refractivity (Wildman–Crippen MR) is 140 cm³/mol. The SMILES string of the molecule is CN[C@@H](CNC(=O)N1CCC[C@@H](C(OCCN(C)C(=O)O)c2cccc(Cl)c2)C1)C[C@H]1CCCOC1. The van der Waals surface area contributed by atoms with Crippen molar-refractivity contribution in [3.05, 3.63) is 34.9 Å².